The van der Waals surface area contributed by atoms with Crippen molar-refractivity contribution in [2.45, 2.75) is 32.7 Å². The number of fused-ring (bicyclic) bond motifs is 1. The number of hydrogen-bond acceptors (Lipinski definition) is 1. The van der Waals surface area contributed by atoms with Gasteiger partial charge in [0.05, 0.1) is 5.54 Å². The van der Waals surface area contributed by atoms with Gasteiger partial charge in [0, 0.05) is 17.8 Å². The molecule has 1 aliphatic rings. The van der Waals surface area contributed by atoms with Crippen molar-refractivity contribution >= 4 is 11.3 Å². The lowest BCUT2D eigenvalue weighted by Gasteiger charge is -2.43. The molecule has 0 bridgehead atoms. The van der Waals surface area contributed by atoms with Gasteiger partial charge in [0.15, 0.2) is 0 Å². The van der Waals surface area contributed by atoms with Crippen LogP contribution in [0.15, 0.2) is 60.7 Å². The molecule has 0 fully saturated rings. The quantitative estimate of drug-likeness (QED) is 0.768. The Balaban J connectivity index is 1.90. The highest BCUT2D eigenvalue weighted by Crippen LogP contribution is 2.38. The van der Waals surface area contributed by atoms with E-state index in [0.29, 0.717) is 0 Å². The van der Waals surface area contributed by atoms with Crippen molar-refractivity contribution in [1.29, 1.82) is 0 Å². The first-order chi connectivity index (χ1) is 10.1. The van der Waals surface area contributed by atoms with Gasteiger partial charge in [-0.1, -0.05) is 54.6 Å². The molecule has 1 nitrogen and oxygen atoms in total. The molecule has 1 heteroatoms. The lowest BCUT2D eigenvalue weighted by atomic mass is 9.88. The van der Waals surface area contributed by atoms with Crippen LogP contribution in [0.25, 0.3) is 5.57 Å². The van der Waals surface area contributed by atoms with Gasteiger partial charge in [-0.05, 0) is 44.4 Å². The van der Waals surface area contributed by atoms with Crippen LogP contribution in [0.2, 0.25) is 0 Å². The number of hydrogen-bond donors (Lipinski definition) is 0. The Morgan fingerprint density at radius 1 is 0.905 bits per heavy atom. The van der Waals surface area contributed by atoms with Crippen LogP contribution in [0, 0.1) is 0 Å². The van der Waals surface area contributed by atoms with E-state index in [9.17, 15) is 0 Å². The standard InChI is InChI=1S/C20H23N/c1-16-15-20(2,3)21(19-12-8-7-11-18(16)19)14-13-17-9-5-4-6-10-17/h4-12,15H,13-14H2,1-3H3. The molecular formula is C20H23N. The van der Waals surface area contributed by atoms with E-state index >= 15 is 0 Å². The Hall–Kier alpha value is -2.02. The molecule has 108 valence electrons. The third-order valence-electron chi connectivity index (χ3n) is 4.35. The zero-order valence-electron chi connectivity index (χ0n) is 13.1. The van der Waals surface area contributed by atoms with E-state index in [4.69, 9.17) is 0 Å². The largest absolute Gasteiger partial charge is 0.362 e. The Kier molecular flexibility index (Phi) is 3.59. The Labute approximate surface area is 127 Å². The van der Waals surface area contributed by atoms with Crippen LogP contribution in [0.3, 0.4) is 0 Å². The van der Waals surface area contributed by atoms with E-state index in [-0.39, 0.29) is 5.54 Å². The minimum atomic E-state index is 0.0627. The number of para-hydroxylation sites is 1. The predicted octanol–water partition coefficient (Wildman–Crippen LogP) is 4.93. The third-order valence-corrected chi connectivity index (χ3v) is 4.35. The summed E-state index contributed by atoms with van der Waals surface area (Å²) < 4.78 is 0. The maximum atomic E-state index is 2.53. The molecule has 0 saturated heterocycles. The molecule has 21 heavy (non-hydrogen) atoms. The maximum Gasteiger partial charge on any atom is 0.0534 e. The van der Waals surface area contributed by atoms with E-state index in [0.717, 1.165) is 13.0 Å². The lowest BCUT2D eigenvalue weighted by molar-refractivity contribution is 0.554. The maximum absolute atomic E-state index is 2.53. The third kappa shape index (κ3) is 2.73. The van der Waals surface area contributed by atoms with Gasteiger partial charge in [0.1, 0.15) is 0 Å². The summed E-state index contributed by atoms with van der Waals surface area (Å²) in [5.74, 6) is 0. The summed E-state index contributed by atoms with van der Waals surface area (Å²) >= 11 is 0. The van der Waals surface area contributed by atoms with Crippen molar-refractivity contribution in [2.75, 3.05) is 11.4 Å². The monoisotopic (exact) mass is 277 g/mol. The summed E-state index contributed by atoms with van der Waals surface area (Å²) in [6.45, 7) is 7.86. The summed E-state index contributed by atoms with van der Waals surface area (Å²) in [7, 11) is 0. The number of anilines is 1. The van der Waals surface area contributed by atoms with Gasteiger partial charge in [-0.2, -0.15) is 0 Å². The molecule has 0 radical (unpaired) electrons. The molecule has 1 heterocycles. The highest BCUT2D eigenvalue weighted by molar-refractivity contribution is 5.81. The highest BCUT2D eigenvalue weighted by Gasteiger charge is 2.30. The highest BCUT2D eigenvalue weighted by atomic mass is 15.2. The van der Waals surface area contributed by atoms with Gasteiger partial charge in [0.2, 0.25) is 0 Å². The van der Waals surface area contributed by atoms with Gasteiger partial charge >= 0.3 is 0 Å². The van der Waals surface area contributed by atoms with Gasteiger partial charge in [-0.25, -0.2) is 0 Å². The summed E-state index contributed by atoms with van der Waals surface area (Å²) in [5, 5.41) is 0. The van der Waals surface area contributed by atoms with Crippen molar-refractivity contribution in [2.24, 2.45) is 0 Å². The normalized spacial score (nSPS) is 16.3. The van der Waals surface area contributed by atoms with Gasteiger partial charge in [0.25, 0.3) is 0 Å². The van der Waals surface area contributed by atoms with Crippen molar-refractivity contribution in [3.63, 3.8) is 0 Å². The first-order valence-electron chi connectivity index (χ1n) is 7.68. The first-order valence-corrected chi connectivity index (χ1v) is 7.68. The molecular weight excluding hydrogens is 254 g/mol. The topological polar surface area (TPSA) is 3.24 Å². The van der Waals surface area contributed by atoms with E-state index < -0.39 is 0 Å². The van der Waals surface area contributed by atoms with Crippen molar-refractivity contribution in [3.8, 4) is 0 Å². The molecule has 0 unspecified atom stereocenters. The minimum Gasteiger partial charge on any atom is -0.362 e. The smallest absolute Gasteiger partial charge is 0.0534 e. The van der Waals surface area contributed by atoms with Gasteiger partial charge in [-0.3, -0.25) is 0 Å². The van der Waals surface area contributed by atoms with Crippen LogP contribution in [0.5, 0.6) is 0 Å². The van der Waals surface area contributed by atoms with Crippen LogP contribution >= 0.6 is 0 Å². The molecule has 2 aromatic rings. The number of rotatable bonds is 3. The molecule has 0 atom stereocenters. The molecule has 0 N–H and O–H groups in total. The number of nitrogens with zero attached hydrogens (tertiary/aromatic N) is 1. The minimum absolute atomic E-state index is 0.0627. The average molecular weight is 277 g/mol. The molecule has 2 aromatic carbocycles. The average Bonchev–Trinajstić information content (AvgIpc) is 2.47. The van der Waals surface area contributed by atoms with Gasteiger partial charge in [-0.15, -0.1) is 0 Å². The summed E-state index contributed by atoms with van der Waals surface area (Å²) in [4.78, 5) is 2.53. The molecule has 0 amide bonds. The van der Waals surface area contributed by atoms with Crippen molar-refractivity contribution in [1.82, 2.24) is 0 Å². The summed E-state index contributed by atoms with van der Waals surface area (Å²) in [5.41, 5.74) is 5.57. The molecule has 3 rings (SSSR count). The summed E-state index contributed by atoms with van der Waals surface area (Å²) in [6.07, 6.45) is 3.46. The van der Waals surface area contributed by atoms with E-state index in [1.54, 1.807) is 0 Å². The zero-order chi connectivity index (χ0) is 14.9. The second-order valence-electron chi connectivity index (χ2n) is 6.39. The van der Waals surface area contributed by atoms with Crippen molar-refractivity contribution < 1.29 is 0 Å². The molecule has 1 aliphatic heterocycles. The van der Waals surface area contributed by atoms with Crippen LogP contribution in [0.4, 0.5) is 5.69 Å². The van der Waals surface area contributed by atoms with Crippen LogP contribution in [-0.2, 0) is 6.42 Å². The van der Waals surface area contributed by atoms with Crippen LogP contribution < -0.4 is 4.90 Å². The molecule has 0 spiro atoms. The second kappa shape index (κ2) is 5.40. The molecule has 0 saturated carbocycles. The fraction of sp³-hybridized carbons (Fsp3) is 0.300. The van der Waals surface area contributed by atoms with E-state index in [1.165, 1.54) is 22.4 Å². The van der Waals surface area contributed by atoms with E-state index in [1.807, 2.05) is 0 Å². The second-order valence-corrected chi connectivity index (χ2v) is 6.39. The van der Waals surface area contributed by atoms with Crippen LogP contribution in [0.1, 0.15) is 31.9 Å². The lowest BCUT2D eigenvalue weighted by Crippen LogP contribution is -2.46. The summed E-state index contributed by atoms with van der Waals surface area (Å²) in [6, 6.07) is 19.5. The Morgan fingerprint density at radius 3 is 2.33 bits per heavy atom. The Morgan fingerprint density at radius 2 is 1.57 bits per heavy atom. The molecule has 0 aliphatic carbocycles. The fourth-order valence-electron chi connectivity index (χ4n) is 3.33. The Bertz CT molecular complexity index is 653. The number of allylic oxidation sites excluding steroid dienone is 1. The van der Waals surface area contributed by atoms with Crippen molar-refractivity contribution in [3.05, 3.63) is 71.8 Å². The van der Waals surface area contributed by atoms with Gasteiger partial charge < -0.3 is 4.90 Å². The fourth-order valence-corrected chi connectivity index (χ4v) is 3.33. The number of benzene rings is 2. The zero-order valence-corrected chi connectivity index (χ0v) is 13.1. The van der Waals surface area contributed by atoms with E-state index in [2.05, 4.69) is 86.3 Å². The van der Waals surface area contributed by atoms with Crippen LogP contribution in [-0.4, -0.2) is 12.1 Å². The molecule has 0 aromatic heterocycles. The first kappa shape index (κ1) is 13.9. The predicted molar refractivity (Wildman–Crippen MR) is 91.7 cm³/mol. The SMILES string of the molecule is CC1=CC(C)(C)N(CCc2ccccc2)c2ccccc21.